The molecule has 9 heteroatoms. The maximum Gasteiger partial charge on any atom is 0.239 e. The molecule has 0 saturated carbocycles. The first-order valence-electron chi connectivity index (χ1n) is 5.87. The second kappa shape index (κ2) is 5.72. The number of hydrogen-bond donors (Lipinski definition) is 2. The number of nitrogens with one attached hydrogen (secondary N) is 1. The van der Waals surface area contributed by atoms with Gasteiger partial charge in [0.25, 0.3) is 0 Å². The van der Waals surface area contributed by atoms with Crippen molar-refractivity contribution in [1.82, 2.24) is 15.0 Å². The lowest BCUT2D eigenvalue weighted by Crippen LogP contribution is -2.16. The smallest absolute Gasteiger partial charge is 0.239 e. The molecule has 0 aliphatic heterocycles. The van der Waals surface area contributed by atoms with Gasteiger partial charge >= 0.3 is 0 Å². The summed E-state index contributed by atoms with van der Waals surface area (Å²) in [7, 11) is 1.89. The third-order valence-electron chi connectivity index (χ3n) is 2.84. The fourth-order valence-electron chi connectivity index (χ4n) is 1.90. The van der Waals surface area contributed by atoms with Gasteiger partial charge in [0.2, 0.25) is 5.95 Å². The quantitative estimate of drug-likeness (QED) is 0.530. The number of rotatable bonds is 3. The van der Waals surface area contributed by atoms with Crippen LogP contribution in [-0.4, -0.2) is 22.0 Å². The van der Waals surface area contributed by atoms with Crippen LogP contribution in [0.2, 0.25) is 5.02 Å². The van der Waals surface area contributed by atoms with Crippen LogP contribution in [0.1, 0.15) is 0 Å². The first-order chi connectivity index (χ1) is 10.1. The fourth-order valence-corrected chi connectivity index (χ4v) is 3.21. The molecule has 0 aliphatic rings. The summed E-state index contributed by atoms with van der Waals surface area (Å²) in [6.07, 6.45) is 1.75. The summed E-state index contributed by atoms with van der Waals surface area (Å²) < 4.78 is 0.947. The summed E-state index contributed by atoms with van der Waals surface area (Å²) in [4.78, 5) is 14.9. The van der Waals surface area contributed by atoms with E-state index in [4.69, 9.17) is 17.4 Å². The van der Waals surface area contributed by atoms with Gasteiger partial charge in [-0.25, -0.2) is 15.8 Å². The van der Waals surface area contributed by atoms with Crippen LogP contribution in [0, 0.1) is 0 Å². The molecule has 0 spiro atoms. The Bertz CT molecular complexity index is 808. The largest absolute Gasteiger partial charge is 0.305 e. The van der Waals surface area contributed by atoms with E-state index in [1.165, 1.54) is 11.3 Å². The number of nitrogen functional groups attached to an aromatic ring is 1. The Kier molecular flexibility index (Phi) is 3.94. The van der Waals surface area contributed by atoms with Crippen LogP contribution in [-0.2, 0) is 0 Å². The standard InChI is InChI=1S/C12H10BrClN6S/c1-20(12-16-5-9(13)21-12)10-7-3-2-6(14)4-8(7)17-11(18-10)19-15/h2-5H,15H2,1H3,(H,17,18,19). The molecule has 21 heavy (non-hydrogen) atoms. The molecule has 0 unspecified atom stereocenters. The van der Waals surface area contributed by atoms with Crippen LogP contribution in [0.3, 0.4) is 0 Å². The van der Waals surface area contributed by atoms with Gasteiger partial charge in [0.15, 0.2) is 5.13 Å². The Labute approximate surface area is 138 Å². The molecule has 0 radical (unpaired) electrons. The number of nitrogens with two attached hydrogens (primary N) is 1. The van der Waals surface area contributed by atoms with Crippen molar-refractivity contribution >= 4 is 66.7 Å². The lowest BCUT2D eigenvalue weighted by molar-refractivity contribution is 1.08. The number of benzene rings is 1. The third-order valence-corrected chi connectivity index (χ3v) is 4.63. The van der Waals surface area contributed by atoms with Crippen molar-refractivity contribution in [2.24, 2.45) is 5.84 Å². The molecule has 2 aromatic heterocycles. The van der Waals surface area contributed by atoms with Crippen molar-refractivity contribution in [2.45, 2.75) is 0 Å². The van der Waals surface area contributed by atoms with Crippen LogP contribution < -0.4 is 16.2 Å². The molecule has 3 aromatic rings. The van der Waals surface area contributed by atoms with E-state index < -0.39 is 0 Å². The lowest BCUT2D eigenvalue weighted by atomic mass is 10.2. The molecule has 3 N–H and O–H groups in total. The predicted octanol–water partition coefficient (Wildman–Crippen LogP) is 3.56. The number of fused-ring (bicyclic) bond motifs is 1. The molecule has 108 valence electrons. The van der Waals surface area contributed by atoms with Crippen LogP contribution in [0.5, 0.6) is 0 Å². The molecule has 0 fully saturated rings. The number of aromatic nitrogens is 3. The molecule has 2 heterocycles. The highest BCUT2D eigenvalue weighted by Crippen LogP contribution is 2.34. The van der Waals surface area contributed by atoms with Crippen molar-refractivity contribution in [3.63, 3.8) is 0 Å². The van der Waals surface area contributed by atoms with Gasteiger partial charge < -0.3 is 4.90 Å². The van der Waals surface area contributed by atoms with E-state index in [9.17, 15) is 0 Å². The third kappa shape index (κ3) is 2.80. The molecule has 3 rings (SSSR count). The number of hydrogen-bond acceptors (Lipinski definition) is 7. The van der Waals surface area contributed by atoms with Gasteiger partial charge in [-0.1, -0.05) is 22.9 Å². The van der Waals surface area contributed by atoms with Crippen molar-refractivity contribution in [3.05, 3.63) is 33.2 Å². The summed E-state index contributed by atoms with van der Waals surface area (Å²) in [5.41, 5.74) is 3.18. The van der Waals surface area contributed by atoms with E-state index in [2.05, 4.69) is 36.3 Å². The molecule has 0 amide bonds. The van der Waals surface area contributed by atoms with E-state index in [1.807, 2.05) is 18.0 Å². The average molecular weight is 386 g/mol. The van der Waals surface area contributed by atoms with Gasteiger partial charge in [-0.05, 0) is 34.1 Å². The zero-order valence-corrected chi connectivity index (χ0v) is 14.0. The van der Waals surface area contributed by atoms with Gasteiger partial charge in [-0.2, -0.15) is 4.98 Å². The summed E-state index contributed by atoms with van der Waals surface area (Å²) in [6, 6.07) is 5.46. The van der Waals surface area contributed by atoms with Crippen LogP contribution in [0.15, 0.2) is 28.2 Å². The summed E-state index contributed by atoms with van der Waals surface area (Å²) in [5.74, 6) is 6.47. The highest BCUT2D eigenvalue weighted by atomic mass is 79.9. The minimum atomic E-state index is 0.322. The molecule has 0 saturated heterocycles. The average Bonchev–Trinajstić information content (AvgIpc) is 2.91. The van der Waals surface area contributed by atoms with Crippen molar-refractivity contribution in [1.29, 1.82) is 0 Å². The number of nitrogens with zero attached hydrogens (tertiary/aromatic N) is 4. The maximum atomic E-state index is 6.02. The van der Waals surface area contributed by atoms with Gasteiger partial charge in [0.05, 0.1) is 15.5 Å². The Balaban J connectivity index is 2.20. The van der Waals surface area contributed by atoms with Gasteiger partial charge in [0, 0.05) is 17.5 Å². The normalized spacial score (nSPS) is 10.9. The minimum Gasteiger partial charge on any atom is -0.305 e. The predicted molar refractivity (Wildman–Crippen MR) is 90.2 cm³/mol. The number of thiazole rings is 1. The van der Waals surface area contributed by atoms with E-state index in [-0.39, 0.29) is 0 Å². The fraction of sp³-hybridized carbons (Fsp3) is 0.0833. The van der Waals surface area contributed by atoms with E-state index >= 15 is 0 Å². The van der Waals surface area contributed by atoms with Gasteiger partial charge in [-0.3, -0.25) is 5.43 Å². The second-order valence-electron chi connectivity index (χ2n) is 4.18. The highest BCUT2D eigenvalue weighted by Gasteiger charge is 2.15. The molecule has 0 bridgehead atoms. The Morgan fingerprint density at radius 1 is 1.38 bits per heavy atom. The van der Waals surface area contributed by atoms with Crippen LogP contribution >= 0.6 is 38.9 Å². The summed E-state index contributed by atoms with van der Waals surface area (Å²) >= 11 is 10.9. The van der Waals surface area contributed by atoms with Crippen LogP contribution in [0.25, 0.3) is 10.9 Å². The first kappa shape index (κ1) is 14.5. The Hall–Kier alpha value is -1.48. The van der Waals surface area contributed by atoms with E-state index in [1.54, 1.807) is 18.3 Å². The molecule has 6 nitrogen and oxygen atoms in total. The zero-order valence-electron chi connectivity index (χ0n) is 10.8. The van der Waals surface area contributed by atoms with E-state index in [0.29, 0.717) is 22.3 Å². The molecule has 0 atom stereocenters. The number of halogens is 2. The molecule has 1 aromatic carbocycles. The highest BCUT2D eigenvalue weighted by molar-refractivity contribution is 9.11. The van der Waals surface area contributed by atoms with Crippen molar-refractivity contribution in [2.75, 3.05) is 17.4 Å². The maximum absolute atomic E-state index is 6.02. The Morgan fingerprint density at radius 3 is 2.86 bits per heavy atom. The molecule has 0 aliphatic carbocycles. The summed E-state index contributed by atoms with van der Waals surface area (Å²) in [5, 5.41) is 2.28. The Morgan fingerprint density at radius 2 is 2.19 bits per heavy atom. The monoisotopic (exact) mass is 384 g/mol. The van der Waals surface area contributed by atoms with Gasteiger partial charge in [-0.15, -0.1) is 0 Å². The lowest BCUT2D eigenvalue weighted by Gasteiger charge is -2.17. The summed E-state index contributed by atoms with van der Waals surface area (Å²) in [6.45, 7) is 0. The number of hydrazine groups is 1. The minimum absolute atomic E-state index is 0.322. The molecular formula is C12H10BrClN6S. The topological polar surface area (TPSA) is 80.0 Å². The van der Waals surface area contributed by atoms with Crippen molar-refractivity contribution < 1.29 is 0 Å². The van der Waals surface area contributed by atoms with E-state index in [0.717, 1.165) is 14.3 Å². The zero-order chi connectivity index (χ0) is 15.0. The number of anilines is 3. The molecular weight excluding hydrogens is 376 g/mol. The second-order valence-corrected chi connectivity index (χ2v) is 7.01. The van der Waals surface area contributed by atoms with Gasteiger partial charge in [0.1, 0.15) is 5.82 Å². The SMILES string of the molecule is CN(c1ncc(Br)s1)c1nc(NN)nc2cc(Cl)ccc12. The first-order valence-corrected chi connectivity index (χ1v) is 7.86. The van der Waals surface area contributed by atoms with Crippen molar-refractivity contribution in [3.8, 4) is 0 Å². The van der Waals surface area contributed by atoms with Crippen LogP contribution in [0.4, 0.5) is 16.9 Å².